The Labute approximate surface area is 97.3 Å². The van der Waals surface area contributed by atoms with Gasteiger partial charge in [0, 0.05) is 33.9 Å². The van der Waals surface area contributed by atoms with Crippen LogP contribution in [-0.4, -0.2) is 75.9 Å². The maximum absolute atomic E-state index is 9.93. The highest BCUT2D eigenvalue weighted by Gasteiger charge is 2.28. The average Bonchev–Trinajstić information content (AvgIpc) is 2.31. The number of rotatable bonds is 7. The molecule has 2 unspecified atom stereocenters. The van der Waals surface area contributed by atoms with Crippen molar-refractivity contribution >= 4 is 0 Å². The van der Waals surface area contributed by atoms with E-state index < -0.39 is 0 Å². The Morgan fingerprint density at radius 3 is 2.38 bits per heavy atom. The van der Waals surface area contributed by atoms with Crippen LogP contribution < -0.4 is 0 Å². The van der Waals surface area contributed by atoms with Gasteiger partial charge in [0.2, 0.25) is 0 Å². The quantitative estimate of drug-likeness (QED) is 0.656. The first-order chi connectivity index (χ1) is 7.79. The van der Waals surface area contributed by atoms with Gasteiger partial charge in [0.1, 0.15) is 0 Å². The smallest absolute Gasteiger partial charge is 0.0739 e. The Morgan fingerprint density at radius 2 is 1.88 bits per heavy atom. The second-order valence-corrected chi connectivity index (χ2v) is 4.02. The Hall–Kier alpha value is -0.200. The van der Waals surface area contributed by atoms with Gasteiger partial charge in [-0.15, -0.1) is 0 Å². The van der Waals surface area contributed by atoms with Gasteiger partial charge in [0.15, 0.2) is 0 Å². The molecule has 96 valence electrons. The van der Waals surface area contributed by atoms with Gasteiger partial charge in [-0.1, -0.05) is 0 Å². The lowest BCUT2D eigenvalue weighted by molar-refractivity contribution is -0.0693. The number of ether oxygens (including phenoxy) is 3. The summed E-state index contributed by atoms with van der Waals surface area (Å²) in [4.78, 5) is 2.18. The molecule has 0 radical (unpaired) electrons. The Balaban J connectivity index is 2.44. The summed E-state index contributed by atoms with van der Waals surface area (Å²) in [6.07, 6.45) is 0.406. The van der Waals surface area contributed by atoms with Crippen LogP contribution in [0.1, 0.15) is 6.42 Å². The second kappa shape index (κ2) is 7.97. The van der Waals surface area contributed by atoms with E-state index in [0.29, 0.717) is 32.8 Å². The first-order valence-corrected chi connectivity index (χ1v) is 5.77. The van der Waals surface area contributed by atoms with E-state index in [4.69, 9.17) is 14.2 Å². The summed E-state index contributed by atoms with van der Waals surface area (Å²) >= 11 is 0. The van der Waals surface area contributed by atoms with Crippen LogP contribution in [0.4, 0.5) is 0 Å². The predicted molar refractivity (Wildman–Crippen MR) is 60.6 cm³/mol. The fourth-order valence-corrected chi connectivity index (χ4v) is 1.92. The van der Waals surface area contributed by atoms with E-state index >= 15 is 0 Å². The zero-order valence-corrected chi connectivity index (χ0v) is 10.2. The molecule has 1 fully saturated rings. The van der Waals surface area contributed by atoms with Crippen LogP contribution in [0, 0.1) is 0 Å². The van der Waals surface area contributed by atoms with E-state index in [9.17, 15) is 5.11 Å². The summed E-state index contributed by atoms with van der Waals surface area (Å²) in [6, 6.07) is 0.0686. The van der Waals surface area contributed by atoms with Crippen molar-refractivity contribution in [3.8, 4) is 0 Å². The fraction of sp³-hybridized carbons (Fsp3) is 1.00. The van der Waals surface area contributed by atoms with Crippen molar-refractivity contribution in [2.75, 3.05) is 53.7 Å². The van der Waals surface area contributed by atoms with Gasteiger partial charge < -0.3 is 19.3 Å². The molecule has 1 aliphatic heterocycles. The fourth-order valence-electron chi connectivity index (χ4n) is 1.92. The number of hydrogen-bond acceptors (Lipinski definition) is 5. The van der Waals surface area contributed by atoms with Gasteiger partial charge in [-0.05, 0) is 6.42 Å². The molecule has 1 aliphatic rings. The lowest BCUT2D eigenvalue weighted by Crippen LogP contribution is -2.51. The van der Waals surface area contributed by atoms with Gasteiger partial charge in [-0.25, -0.2) is 0 Å². The molecule has 2 atom stereocenters. The third-order valence-corrected chi connectivity index (χ3v) is 2.92. The second-order valence-electron chi connectivity index (χ2n) is 4.02. The third-order valence-electron chi connectivity index (χ3n) is 2.92. The van der Waals surface area contributed by atoms with E-state index in [1.807, 2.05) is 0 Å². The third kappa shape index (κ3) is 4.35. The summed E-state index contributed by atoms with van der Waals surface area (Å²) in [6.45, 7) is 4.16. The van der Waals surface area contributed by atoms with Gasteiger partial charge in [-0.3, -0.25) is 4.90 Å². The van der Waals surface area contributed by atoms with Crippen LogP contribution in [0.15, 0.2) is 0 Å². The molecular weight excluding hydrogens is 210 g/mol. The largest absolute Gasteiger partial charge is 0.391 e. The van der Waals surface area contributed by atoms with Crippen molar-refractivity contribution < 1.29 is 19.3 Å². The molecule has 0 aromatic rings. The molecule has 0 spiro atoms. The van der Waals surface area contributed by atoms with Crippen molar-refractivity contribution in [1.29, 1.82) is 0 Å². The minimum absolute atomic E-state index is 0.0686. The highest BCUT2D eigenvalue weighted by molar-refractivity contribution is 4.82. The minimum Gasteiger partial charge on any atom is -0.391 e. The summed E-state index contributed by atoms with van der Waals surface area (Å²) in [7, 11) is 3.37. The van der Waals surface area contributed by atoms with Crippen molar-refractivity contribution in [1.82, 2.24) is 4.90 Å². The van der Waals surface area contributed by atoms with Crippen LogP contribution >= 0.6 is 0 Å². The standard InChI is InChI=1S/C11H23NO4/c1-14-7-4-12(5-8-15-2)10-9-16-6-3-11(10)13/h10-11,13H,3-9H2,1-2H3. The van der Waals surface area contributed by atoms with Crippen LogP contribution in [0.2, 0.25) is 0 Å². The number of aliphatic hydroxyl groups is 1. The summed E-state index contributed by atoms with van der Waals surface area (Å²) in [5, 5.41) is 9.93. The number of aliphatic hydroxyl groups excluding tert-OH is 1. The van der Waals surface area contributed by atoms with E-state index in [0.717, 1.165) is 13.1 Å². The van der Waals surface area contributed by atoms with Crippen LogP contribution in [0.3, 0.4) is 0 Å². The van der Waals surface area contributed by atoms with Gasteiger partial charge >= 0.3 is 0 Å². The average molecular weight is 233 g/mol. The number of hydrogen-bond donors (Lipinski definition) is 1. The molecule has 1 saturated heterocycles. The van der Waals surface area contributed by atoms with Crippen molar-refractivity contribution in [3.63, 3.8) is 0 Å². The predicted octanol–water partition coefficient (Wildman–Crippen LogP) is -0.269. The van der Waals surface area contributed by atoms with E-state index in [1.54, 1.807) is 14.2 Å². The van der Waals surface area contributed by atoms with Gasteiger partial charge in [0.05, 0.1) is 32.0 Å². The zero-order valence-electron chi connectivity index (χ0n) is 10.2. The van der Waals surface area contributed by atoms with Crippen LogP contribution in [0.5, 0.6) is 0 Å². The molecule has 5 heteroatoms. The topological polar surface area (TPSA) is 51.2 Å². The molecule has 1 N–H and O–H groups in total. The Bertz CT molecular complexity index is 171. The zero-order chi connectivity index (χ0) is 11.8. The highest BCUT2D eigenvalue weighted by atomic mass is 16.5. The Morgan fingerprint density at radius 1 is 1.25 bits per heavy atom. The number of nitrogens with zero attached hydrogens (tertiary/aromatic N) is 1. The molecule has 0 aromatic carbocycles. The summed E-state index contributed by atoms with van der Waals surface area (Å²) in [5.74, 6) is 0. The molecule has 0 aromatic heterocycles. The van der Waals surface area contributed by atoms with Crippen molar-refractivity contribution in [2.45, 2.75) is 18.6 Å². The van der Waals surface area contributed by atoms with E-state index in [2.05, 4.69) is 4.90 Å². The monoisotopic (exact) mass is 233 g/mol. The Kier molecular flexibility index (Phi) is 6.91. The molecule has 1 rings (SSSR count). The van der Waals surface area contributed by atoms with Crippen molar-refractivity contribution in [3.05, 3.63) is 0 Å². The van der Waals surface area contributed by atoms with Gasteiger partial charge in [-0.2, -0.15) is 0 Å². The molecule has 5 nitrogen and oxygen atoms in total. The number of methoxy groups -OCH3 is 2. The minimum atomic E-state index is -0.303. The lowest BCUT2D eigenvalue weighted by Gasteiger charge is -2.37. The first-order valence-electron chi connectivity index (χ1n) is 5.77. The van der Waals surface area contributed by atoms with E-state index in [-0.39, 0.29) is 12.1 Å². The van der Waals surface area contributed by atoms with Gasteiger partial charge in [0.25, 0.3) is 0 Å². The summed E-state index contributed by atoms with van der Waals surface area (Å²) < 4.78 is 15.6. The molecule has 0 amide bonds. The summed E-state index contributed by atoms with van der Waals surface area (Å²) in [5.41, 5.74) is 0. The van der Waals surface area contributed by atoms with Crippen LogP contribution in [-0.2, 0) is 14.2 Å². The van der Waals surface area contributed by atoms with Crippen LogP contribution in [0.25, 0.3) is 0 Å². The van der Waals surface area contributed by atoms with E-state index in [1.165, 1.54) is 0 Å². The maximum Gasteiger partial charge on any atom is 0.0739 e. The highest BCUT2D eigenvalue weighted by Crippen LogP contribution is 2.14. The molecule has 0 saturated carbocycles. The van der Waals surface area contributed by atoms with Crippen molar-refractivity contribution in [2.24, 2.45) is 0 Å². The first kappa shape index (κ1) is 13.9. The molecule has 0 bridgehead atoms. The normalized spacial score (nSPS) is 26.2. The SMILES string of the molecule is COCCN(CCOC)C1COCCC1O. The molecular formula is C11H23NO4. The molecule has 1 heterocycles. The molecule has 0 aliphatic carbocycles. The maximum atomic E-state index is 9.93. The lowest BCUT2D eigenvalue weighted by atomic mass is 10.1. The molecule has 16 heavy (non-hydrogen) atoms.